The van der Waals surface area contributed by atoms with Crippen LogP contribution in [0.5, 0.6) is 0 Å². The molecule has 1 heterocycles. The van der Waals surface area contributed by atoms with Crippen molar-refractivity contribution in [1.82, 2.24) is 20.4 Å². The van der Waals surface area contributed by atoms with Crippen molar-refractivity contribution in [3.05, 3.63) is 0 Å². The first-order chi connectivity index (χ1) is 11.7. The molecule has 0 spiro atoms. The van der Waals surface area contributed by atoms with Gasteiger partial charge < -0.3 is 20.3 Å². The summed E-state index contributed by atoms with van der Waals surface area (Å²) >= 11 is 0. The van der Waals surface area contributed by atoms with Crippen LogP contribution in [0.4, 0.5) is 18.0 Å². The molecule has 0 aromatic rings. The second kappa shape index (κ2) is 10.3. The Bertz CT molecular complexity index is 437. The lowest BCUT2D eigenvalue weighted by molar-refractivity contribution is -0.142. The van der Waals surface area contributed by atoms with Gasteiger partial charge in [-0.3, -0.25) is 9.89 Å². The van der Waals surface area contributed by atoms with E-state index in [1.165, 1.54) is 11.9 Å². The Morgan fingerprint density at radius 1 is 1.36 bits per heavy atom. The first kappa shape index (κ1) is 21.3. The summed E-state index contributed by atoms with van der Waals surface area (Å²) in [6.45, 7) is 3.00. The van der Waals surface area contributed by atoms with E-state index in [0.717, 1.165) is 12.8 Å². The number of aliphatic imine (C=N–C) groups is 1. The number of piperidine rings is 1. The Kier molecular flexibility index (Phi) is 8.81. The van der Waals surface area contributed by atoms with E-state index < -0.39 is 12.7 Å². The minimum Gasteiger partial charge on any atom is -0.450 e. The zero-order chi connectivity index (χ0) is 18.9. The predicted octanol–water partition coefficient (Wildman–Crippen LogP) is 1.27. The zero-order valence-electron chi connectivity index (χ0n) is 15.0. The quantitative estimate of drug-likeness (QED) is 0.547. The number of amides is 1. The molecule has 146 valence electrons. The molecule has 1 rings (SSSR count). The number of rotatable bonds is 6. The Labute approximate surface area is 146 Å². The van der Waals surface area contributed by atoms with Gasteiger partial charge in [-0.1, -0.05) is 0 Å². The monoisotopic (exact) mass is 367 g/mol. The van der Waals surface area contributed by atoms with E-state index in [4.69, 9.17) is 4.74 Å². The molecule has 0 atom stereocenters. The number of guanidine groups is 1. The number of likely N-dealkylation sites (N-methyl/N-ethyl adjacent to an activating group) is 1. The number of nitrogens with zero attached hydrogens (tertiary/aromatic N) is 3. The van der Waals surface area contributed by atoms with E-state index in [-0.39, 0.29) is 18.7 Å². The molecule has 7 nitrogen and oxygen atoms in total. The van der Waals surface area contributed by atoms with Gasteiger partial charge in [-0.25, -0.2) is 4.79 Å². The van der Waals surface area contributed by atoms with Crippen LogP contribution in [0.15, 0.2) is 4.99 Å². The number of halogens is 3. The van der Waals surface area contributed by atoms with Gasteiger partial charge in [-0.15, -0.1) is 0 Å². The largest absolute Gasteiger partial charge is 0.450 e. The van der Waals surface area contributed by atoms with Crippen LogP contribution in [-0.2, 0) is 4.74 Å². The maximum Gasteiger partial charge on any atom is 0.409 e. The average Bonchev–Trinajstić information content (AvgIpc) is 2.53. The summed E-state index contributed by atoms with van der Waals surface area (Å²) in [6.07, 6.45) is -2.97. The van der Waals surface area contributed by atoms with Gasteiger partial charge in [0.05, 0.1) is 13.2 Å². The first-order valence-electron chi connectivity index (χ1n) is 8.39. The number of alkyl halides is 3. The lowest BCUT2D eigenvalue weighted by Crippen LogP contribution is -2.50. The third-order valence-corrected chi connectivity index (χ3v) is 3.82. The van der Waals surface area contributed by atoms with Gasteiger partial charge >= 0.3 is 12.3 Å². The molecule has 1 aliphatic heterocycles. The van der Waals surface area contributed by atoms with Crippen LogP contribution in [0.2, 0.25) is 0 Å². The summed E-state index contributed by atoms with van der Waals surface area (Å²) in [5, 5.41) is 6.25. The van der Waals surface area contributed by atoms with E-state index in [2.05, 4.69) is 15.6 Å². The Morgan fingerprint density at radius 3 is 2.52 bits per heavy atom. The fourth-order valence-corrected chi connectivity index (χ4v) is 2.56. The standard InChI is InChI=1S/C15H28F3N5O2/c1-4-25-14(24)23-8-5-12(6-9-23)21-13(19-2)20-7-10-22(3)11-15(16,17)18/h12H,4-11H2,1-3H3,(H2,19,20,21). The van der Waals surface area contributed by atoms with Gasteiger partial charge in [0.25, 0.3) is 0 Å². The fraction of sp³-hybridized carbons (Fsp3) is 0.867. The van der Waals surface area contributed by atoms with Crippen molar-refractivity contribution in [3.8, 4) is 0 Å². The summed E-state index contributed by atoms with van der Waals surface area (Å²) < 4.78 is 41.8. The molecular weight excluding hydrogens is 339 g/mol. The summed E-state index contributed by atoms with van der Waals surface area (Å²) in [6, 6.07) is 0.157. The number of carbonyl (C=O) groups excluding carboxylic acids is 1. The molecule has 0 aromatic carbocycles. The molecule has 1 aliphatic rings. The number of carbonyl (C=O) groups is 1. The van der Waals surface area contributed by atoms with Gasteiger partial charge in [0, 0.05) is 39.3 Å². The number of ether oxygens (including phenoxy) is 1. The molecule has 1 amide bonds. The normalized spacial score (nSPS) is 16.9. The van der Waals surface area contributed by atoms with Crippen molar-refractivity contribution >= 4 is 12.1 Å². The molecule has 0 saturated carbocycles. The molecule has 0 aromatic heterocycles. The molecule has 0 aliphatic carbocycles. The second-order valence-corrected chi connectivity index (χ2v) is 5.96. The Morgan fingerprint density at radius 2 is 2.00 bits per heavy atom. The minimum absolute atomic E-state index is 0.157. The summed E-state index contributed by atoms with van der Waals surface area (Å²) in [7, 11) is 3.04. The highest BCUT2D eigenvalue weighted by molar-refractivity contribution is 5.80. The van der Waals surface area contributed by atoms with Gasteiger partial charge in [0.1, 0.15) is 0 Å². The minimum atomic E-state index is -4.19. The molecule has 0 bridgehead atoms. The lowest BCUT2D eigenvalue weighted by Gasteiger charge is -2.32. The molecule has 1 fully saturated rings. The van der Waals surface area contributed by atoms with Crippen LogP contribution >= 0.6 is 0 Å². The zero-order valence-corrected chi connectivity index (χ0v) is 15.0. The third-order valence-electron chi connectivity index (χ3n) is 3.82. The summed E-state index contributed by atoms with van der Waals surface area (Å²) in [5.41, 5.74) is 0. The fourth-order valence-electron chi connectivity index (χ4n) is 2.56. The van der Waals surface area contributed by atoms with Crippen LogP contribution in [0.25, 0.3) is 0 Å². The molecule has 25 heavy (non-hydrogen) atoms. The highest BCUT2D eigenvalue weighted by atomic mass is 19.4. The lowest BCUT2D eigenvalue weighted by atomic mass is 10.1. The molecule has 0 radical (unpaired) electrons. The smallest absolute Gasteiger partial charge is 0.409 e. The van der Waals surface area contributed by atoms with Crippen LogP contribution in [0.3, 0.4) is 0 Å². The van der Waals surface area contributed by atoms with E-state index in [1.54, 1.807) is 18.9 Å². The highest BCUT2D eigenvalue weighted by Gasteiger charge is 2.29. The molecular formula is C15H28F3N5O2. The topological polar surface area (TPSA) is 69.2 Å². The Balaban J connectivity index is 2.28. The van der Waals surface area contributed by atoms with Gasteiger partial charge in [-0.2, -0.15) is 13.2 Å². The first-order valence-corrected chi connectivity index (χ1v) is 8.39. The maximum atomic E-state index is 12.3. The van der Waals surface area contributed by atoms with Crippen LogP contribution < -0.4 is 10.6 Å². The predicted molar refractivity (Wildman–Crippen MR) is 89.7 cm³/mol. The number of hydrogen-bond donors (Lipinski definition) is 2. The summed E-state index contributed by atoms with van der Waals surface area (Å²) in [5.74, 6) is 0.551. The summed E-state index contributed by atoms with van der Waals surface area (Å²) in [4.78, 5) is 18.6. The third kappa shape index (κ3) is 8.80. The number of nitrogens with one attached hydrogen (secondary N) is 2. The van der Waals surface area contributed by atoms with Gasteiger partial charge in [0.15, 0.2) is 5.96 Å². The molecule has 0 unspecified atom stereocenters. The Hall–Kier alpha value is -1.71. The van der Waals surface area contributed by atoms with Gasteiger partial charge in [0.2, 0.25) is 0 Å². The van der Waals surface area contributed by atoms with Gasteiger partial charge in [-0.05, 0) is 26.8 Å². The SMILES string of the molecule is CCOC(=O)N1CCC(NC(=NC)NCCN(C)CC(F)(F)F)CC1. The number of likely N-dealkylation sites (tertiary alicyclic amines) is 1. The van der Waals surface area contributed by atoms with E-state index in [1.807, 2.05) is 0 Å². The van der Waals surface area contributed by atoms with Crippen molar-refractivity contribution in [3.63, 3.8) is 0 Å². The van der Waals surface area contributed by atoms with Crippen molar-refractivity contribution in [1.29, 1.82) is 0 Å². The van der Waals surface area contributed by atoms with Crippen molar-refractivity contribution in [2.45, 2.75) is 32.0 Å². The maximum absolute atomic E-state index is 12.3. The van der Waals surface area contributed by atoms with Crippen LogP contribution in [0.1, 0.15) is 19.8 Å². The van der Waals surface area contributed by atoms with Crippen LogP contribution in [-0.4, -0.2) is 87.5 Å². The van der Waals surface area contributed by atoms with E-state index in [9.17, 15) is 18.0 Å². The van der Waals surface area contributed by atoms with E-state index in [0.29, 0.717) is 32.2 Å². The molecule has 10 heteroatoms. The van der Waals surface area contributed by atoms with Crippen molar-refractivity contribution in [2.24, 2.45) is 4.99 Å². The average molecular weight is 367 g/mol. The van der Waals surface area contributed by atoms with E-state index >= 15 is 0 Å². The van der Waals surface area contributed by atoms with Crippen molar-refractivity contribution < 1.29 is 22.7 Å². The highest BCUT2D eigenvalue weighted by Crippen LogP contribution is 2.15. The van der Waals surface area contributed by atoms with Crippen LogP contribution in [0, 0.1) is 0 Å². The molecule has 2 N–H and O–H groups in total. The second-order valence-electron chi connectivity index (χ2n) is 5.96. The number of hydrogen-bond acceptors (Lipinski definition) is 4. The van der Waals surface area contributed by atoms with Crippen molar-refractivity contribution in [2.75, 3.05) is 53.4 Å². The molecule has 1 saturated heterocycles.